The van der Waals surface area contributed by atoms with E-state index in [9.17, 15) is 14.4 Å². The second-order valence-corrected chi connectivity index (χ2v) is 22.4. The summed E-state index contributed by atoms with van der Waals surface area (Å²) in [6.07, 6.45) is 94.9. The van der Waals surface area contributed by atoms with Crippen LogP contribution in [0, 0.1) is 0 Å². The summed E-state index contributed by atoms with van der Waals surface area (Å²) in [5, 5.41) is 0. The van der Waals surface area contributed by atoms with Crippen molar-refractivity contribution in [2.24, 2.45) is 0 Å². The molecule has 6 heteroatoms. The molecule has 81 heavy (non-hydrogen) atoms. The van der Waals surface area contributed by atoms with E-state index >= 15 is 0 Å². The van der Waals surface area contributed by atoms with Crippen LogP contribution in [0.3, 0.4) is 0 Å². The molecule has 0 aliphatic heterocycles. The average molecular weight is 1120 g/mol. The van der Waals surface area contributed by atoms with Gasteiger partial charge in [0.05, 0.1) is 0 Å². The molecule has 0 heterocycles. The molecule has 0 saturated heterocycles. The fourth-order valence-electron chi connectivity index (χ4n) is 9.37. The van der Waals surface area contributed by atoms with Crippen LogP contribution in [0.25, 0.3) is 0 Å². The molecular weight excluding hydrogens is 997 g/mol. The van der Waals surface area contributed by atoms with Gasteiger partial charge in [0.2, 0.25) is 0 Å². The SMILES string of the molecule is CC/C=C\C/C=C\C/C=C\C/C=C\C/C=C\C/C=C\C/C=C\C/C=C\CCCCC(=O)OCC(COC(=O)CCCCCCCCC/C=C\C/C=C\CCCCC)OC(=O)CCCCCCCCCCCCCCCCCCCCC. The van der Waals surface area contributed by atoms with Gasteiger partial charge in [-0.05, 0) is 116 Å². The zero-order valence-electron chi connectivity index (χ0n) is 53.0. The quantitative estimate of drug-likeness (QED) is 0.0261. The van der Waals surface area contributed by atoms with Crippen molar-refractivity contribution in [2.75, 3.05) is 13.2 Å². The second kappa shape index (κ2) is 68.3. The molecule has 0 bridgehead atoms. The van der Waals surface area contributed by atoms with Crippen molar-refractivity contribution < 1.29 is 28.6 Å². The van der Waals surface area contributed by atoms with Gasteiger partial charge in [-0.1, -0.05) is 303 Å². The van der Waals surface area contributed by atoms with E-state index in [4.69, 9.17) is 14.2 Å². The van der Waals surface area contributed by atoms with E-state index in [0.717, 1.165) is 122 Å². The lowest BCUT2D eigenvalue weighted by Gasteiger charge is -2.18. The Balaban J connectivity index is 4.46. The van der Waals surface area contributed by atoms with E-state index in [1.165, 1.54) is 154 Å². The maximum Gasteiger partial charge on any atom is 0.306 e. The van der Waals surface area contributed by atoms with Crippen molar-refractivity contribution in [1.29, 1.82) is 0 Å². The molecule has 0 aliphatic rings. The van der Waals surface area contributed by atoms with Gasteiger partial charge in [0.1, 0.15) is 13.2 Å². The second-order valence-electron chi connectivity index (χ2n) is 22.4. The Morgan fingerprint density at radius 2 is 0.481 bits per heavy atom. The number of carbonyl (C=O) groups is 3. The number of esters is 3. The Labute approximate surface area is 501 Å². The van der Waals surface area contributed by atoms with Gasteiger partial charge in [-0.2, -0.15) is 0 Å². The number of carbonyl (C=O) groups excluding carboxylic acids is 3. The van der Waals surface area contributed by atoms with Crippen molar-refractivity contribution in [3.63, 3.8) is 0 Å². The summed E-state index contributed by atoms with van der Waals surface area (Å²) in [5.74, 6) is -0.937. The van der Waals surface area contributed by atoms with E-state index < -0.39 is 6.10 Å². The van der Waals surface area contributed by atoms with Gasteiger partial charge in [0, 0.05) is 19.3 Å². The van der Waals surface area contributed by atoms with E-state index in [0.29, 0.717) is 19.3 Å². The smallest absolute Gasteiger partial charge is 0.306 e. The summed E-state index contributed by atoms with van der Waals surface area (Å²) in [4.78, 5) is 38.4. The minimum Gasteiger partial charge on any atom is -0.462 e. The first-order chi connectivity index (χ1) is 40.0. The highest BCUT2D eigenvalue weighted by Crippen LogP contribution is 2.17. The summed E-state index contributed by atoms with van der Waals surface area (Å²) >= 11 is 0. The third-order valence-corrected chi connectivity index (χ3v) is 14.5. The molecule has 0 aromatic rings. The topological polar surface area (TPSA) is 78.9 Å². The predicted molar refractivity (Wildman–Crippen MR) is 353 cm³/mol. The van der Waals surface area contributed by atoms with Crippen molar-refractivity contribution in [2.45, 2.75) is 322 Å². The molecule has 0 fully saturated rings. The summed E-state index contributed by atoms with van der Waals surface area (Å²) in [5.41, 5.74) is 0. The first kappa shape index (κ1) is 76.8. The van der Waals surface area contributed by atoms with Crippen LogP contribution < -0.4 is 0 Å². The van der Waals surface area contributed by atoms with E-state index in [-0.39, 0.29) is 31.1 Å². The number of ether oxygens (including phenoxy) is 3. The first-order valence-electron chi connectivity index (χ1n) is 34.0. The monoisotopic (exact) mass is 1120 g/mol. The molecule has 462 valence electrons. The summed E-state index contributed by atoms with van der Waals surface area (Å²) in [6.45, 7) is 6.49. The van der Waals surface area contributed by atoms with Gasteiger partial charge >= 0.3 is 17.9 Å². The van der Waals surface area contributed by atoms with Crippen molar-refractivity contribution in [3.05, 3.63) is 122 Å². The molecular formula is C75H126O6. The lowest BCUT2D eigenvalue weighted by Crippen LogP contribution is -2.30. The first-order valence-corrected chi connectivity index (χ1v) is 34.0. The molecule has 0 aromatic carbocycles. The molecule has 0 N–H and O–H groups in total. The zero-order valence-corrected chi connectivity index (χ0v) is 53.0. The molecule has 0 spiro atoms. The summed E-state index contributed by atoms with van der Waals surface area (Å²) < 4.78 is 16.9. The number of unbranched alkanes of at least 4 members (excludes halogenated alkanes) is 30. The Morgan fingerprint density at radius 1 is 0.259 bits per heavy atom. The average Bonchev–Trinajstić information content (AvgIpc) is 3.47. The summed E-state index contributed by atoms with van der Waals surface area (Å²) in [7, 11) is 0. The lowest BCUT2D eigenvalue weighted by atomic mass is 10.0. The molecule has 0 amide bonds. The highest BCUT2D eigenvalue weighted by Gasteiger charge is 2.19. The molecule has 0 saturated carbocycles. The molecule has 1 atom stereocenters. The number of hydrogen-bond donors (Lipinski definition) is 0. The number of hydrogen-bond acceptors (Lipinski definition) is 6. The van der Waals surface area contributed by atoms with Gasteiger partial charge in [0.25, 0.3) is 0 Å². The van der Waals surface area contributed by atoms with Gasteiger partial charge in [-0.15, -0.1) is 0 Å². The lowest BCUT2D eigenvalue weighted by molar-refractivity contribution is -0.167. The van der Waals surface area contributed by atoms with Crippen LogP contribution in [-0.2, 0) is 28.6 Å². The molecule has 0 aliphatic carbocycles. The van der Waals surface area contributed by atoms with Crippen LogP contribution in [0.1, 0.15) is 316 Å². The molecule has 1 unspecified atom stereocenters. The standard InChI is InChI=1S/C75H126O6/c1-4-7-10-13-16-19-22-25-28-31-33-34-35-36-37-38-39-40-42-44-47-50-53-56-59-62-65-68-74(77)80-71-72(70-79-73(76)67-64-61-58-55-52-49-46-43-30-27-24-21-18-15-12-9-6-3)81-75(78)69-66-63-60-57-54-51-48-45-41-32-29-26-23-20-17-14-11-8-5-2/h7,10,16,18-19,21,25,27-28,30,33-34,36-37,39-40,44,47,53,56,72H,4-6,8-9,11-15,17,20,22-24,26,29,31-32,35,38,41-43,45-46,48-52,54-55,57-71H2,1-3H3/b10-7-,19-16-,21-18-,28-25-,30-27-,34-33-,37-36-,40-39-,47-44-,56-53-. The zero-order chi connectivity index (χ0) is 58.5. The van der Waals surface area contributed by atoms with Crippen LogP contribution in [0.15, 0.2) is 122 Å². The largest absolute Gasteiger partial charge is 0.462 e. The van der Waals surface area contributed by atoms with Crippen LogP contribution >= 0.6 is 0 Å². The molecule has 0 radical (unpaired) electrons. The third kappa shape index (κ3) is 66.5. The number of allylic oxidation sites excluding steroid dienone is 20. The van der Waals surface area contributed by atoms with Crippen molar-refractivity contribution in [1.82, 2.24) is 0 Å². The molecule has 0 aromatic heterocycles. The molecule has 6 nitrogen and oxygen atoms in total. The number of rotatable bonds is 61. The van der Waals surface area contributed by atoms with E-state index in [2.05, 4.69) is 142 Å². The highest BCUT2D eigenvalue weighted by molar-refractivity contribution is 5.71. The van der Waals surface area contributed by atoms with Crippen LogP contribution in [0.4, 0.5) is 0 Å². The van der Waals surface area contributed by atoms with Crippen molar-refractivity contribution >= 4 is 17.9 Å². The Kier molecular flexibility index (Phi) is 64.8. The minimum atomic E-state index is -0.803. The highest BCUT2D eigenvalue weighted by atomic mass is 16.6. The predicted octanol–water partition coefficient (Wildman–Crippen LogP) is 23.6. The third-order valence-electron chi connectivity index (χ3n) is 14.5. The Hall–Kier alpha value is -4.19. The Morgan fingerprint density at radius 3 is 0.802 bits per heavy atom. The van der Waals surface area contributed by atoms with Crippen LogP contribution in [-0.4, -0.2) is 37.2 Å². The van der Waals surface area contributed by atoms with Crippen molar-refractivity contribution in [3.8, 4) is 0 Å². The van der Waals surface area contributed by atoms with Crippen LogP contribution in [0.2, 0.25) is 0 Å². The Bertz CT molecular complexity index is 1670. The fourth-order valence-corrected chi connectivity index (χ4v) is 9.37. The normalized spacial score (nSPS) is 12.9. The summed E-state index contributed by atoms with van der Waals surface area (Å²) in [6, 6.07) is 0. The fraction of sp³-hybridized carbons (Fsp3) is 0.693. The van der Waals surface area contributed by atoms with Gasteiger partial charge < -0.3 is 14.2 Å². The minimum absolute atomic E-state index is 0.0959. The van der Waals surface area contributed by atoms with E-state index in [1.54, 1.807) is 0 Å². The van der Waals surface area contributed by atoms with Gasteiger partial charge in [-0.3, -0.25) is 14.4 Å². The van der Waals surface area contributed by atoms with E-state index in [1.807, 2.05) is 0 Å². The molecule has 0 rings (SSSR count). The van der Waals surface area contributed by atoms with Gasteiger partial charge in [-0.25, -0.2) is 0 Å². The van der Waals surface area contributed by atoms with Gasteiger partial charge in [0.15, 0.2) is 6.10 Å². The maximum absolute atomic E-state index is 12.9. The maximum atomic E-state index is 12.9. The van der Waals surface area contributed by atoms with Crippen LogP contribution in [0.5, 0.6) is 0 Å².